The number of aryl methyl sites for hydroxylation is 1. The van der Waals surface area contributed by atoms with Gasteiger partial charge in [-0.3, -0.25) is 4.72 Å². The monoisotopic (exact) mass is 294 g/mol. The number of rotatable bonds is 7. The van der Waals surface area contributed by atoms with Gasteiger partial charge in [-0.1, -0.05) is 26.2 Å². The van der Waals surface area contributed by atoms with Gasteiger partial charge in [0.2, 0.25) is 10.0 Å². The molecule has 20 heavy (non-hydrogen) atoms. The van der Waals surface area contributed by atoms with Crippen LogP contribution in [0.3, 0.4) is 0 Å². The van der Waals surface area contributed by atoms with Crippen LogP contribution >= 0.6 is 0 Å². The Morgan fingerprint density at radius 1 is 1.20 bits per heavy atom. The molecular formula is C15H22N2O2S. The number of unbranched alkanes of at least 4 members (excludes halogenated alkanes) is 3. The van der Waals surface area contributed by atoms with Crippen LogP contribution in [-0.4, -0.2) is 19.2 Å². The Bertz CT molecular complexity index is 674. The van der Waals surface area contributed by atoms with Crippen LogP contribution in [0.25, 0.3) is 10.9 Å². The van der Waals surface area contributed by atoms with Gasteiger partial charge in [0.05, 0.1) is 5.75 Å². The highest BCUT2D eigenvalue weighted by Crippen LogP contribution is 2.22. The molecule has 2 aromatic rings. The molecule has 0 fully saturated rings. The van der Waals surface area contributed by atoms with E-state index in [-0.39, 0.29) is 5.75 Å². The summed E-state index contributed by atoms with van der Waals surface area (Å²) in [4.78, 5) is 3.15. The Labute approximate surface area is 120 Å². The normalized spacial score (nSPS) is 11.9. The van der Waals surface area contributed by atoms with Crippen molar-refractivity contribution in [3.63, 3.8) is 0 Å². The lowest BCUT2D eigenvalue weighted by Gasteiger charge is -2.08. The first-order chi connectivity index (χ1) is 9.52. The lowest BCUT2D eigenvalue weighted by atomic mass is 10.2. The summed E-state index contributed by atoms with van der Waals surface area (Å²) in [6, 6.07) is 5.57. The van der Waals surface area contributed by atoms with Crippen molar-refractivity contribution in [3.8, 4) is 0 Å². The van der Waals surface area contributed by atoms with Crippen molar-refractivity contribution >= 4 is 26.6 Å². The summed E-state index contributed by atoms with van der Waals surface area (Å²) in [5.41, 5.74) is 2.77. The number of benzene rings is 1. The van der Waals surface area contributed by atoms with Crippen molar-refractivity contribution in [1.29, 1.82) is 0 Å². The number of hydrogen-bond donors (Lipinski definition) is 2. The van der Waals surface area contributed by atoms with Gasteiger partial charge in [-0.15, -0.1) is 0 Å². The third-order valence-corrected chi connectivity index (χ3v) is 4.80. The molecule has 0 bridgehead atoms. The number of fused-ring (bicyclic) bond motifs is 1. The number of hydrogen-bond acceptors (Lipinski definition) is 2. The Kier molecular flexibility index (Phi) is 4.70. The van der Waals surface area contributed by atoms with Crippen molar-refractivity contribution < 1.29 is 8.42 Å². The fraction of sp³-hybridized carbons (Fsp3) is 0.467. The molecule has 0 saturated heterocycles. The minimum atomic E-state index is -3.24. The smallest absolute Gasteiger partial charge is 0.232 e. The van der Waals surface area contributed by atoms with E-state index in [1.54, 1.807) is 6.07 Å². The molecule has 0 radical (unpaired) electrons. The first-order valence-corrected chi connectivity index (χ1v) is 8.75. The Hall–Kier alpha value is -1.49. The number of sulfonamides is 1. The molecule has 1 heterocycles. The molecule has 0 amide bonds. The number of nitrogens with one attached hydrogen (secondary N) is 2. The quantitative estimate of drug-likeness (QED) is 0.763. The molecular weight excluding hydrogens is 272 g/mol. The van der Waals surface area contributed by atoms with Crippen LogP contribution in [-0.2, 0) is 10.0 Å². The highest BCUT2D eigenvalue weighted by Gasteiger charge is 2.10. The Balaban J connectivity index is 2.04. The van der Waals surface area contributed by atoms with Gasteiger partial charge in [0, 0.05) is 22.8 Å². The van der Waals surface area contributed by atoms with Gasteiger partial charge >= 0.3 is 0 Å². The van der Waals surface area contributed by atoms with Gasteiger partial charge in [-0.25, -0.2) is 8.42 Å². The van der Waals surface area contributed by atoms with Crippen molar-refractivity contribution in [2.24, 2.45) is 0 Å². The molecule has 0 aliphatic rings. The molecule has 1 aromatic carbocycles. The number of aromatic nitrogens is 1. The molecule has 0 unspecified atom stereocenters. The SMILES string of the molecule is CCCCCCS(=O)(=O)Nc1ccc2[nH]cc(C)c2c1. The van der Waals surface area contributed by atoms with Gasteiger partial charge < -0.3 is 4.98 Å². The van der Waals surface area contributed by atoms with Gasteiger partial charge in [0.15, 0.2) is 0 Å². The fourth-order valence-corrected chi connectivity index (χ4v) is 3.45. The van der Waals surface area contributed by atoms with Crippen LogP contribution in [0.1, 0.15) is 38.2 Å². The second-order valence-corrected chi connectivity index (χ2v) is 7.06. The van der Waals surface area contributed by atoms with E-state index in [0.717, 1.165) is 35.7 Å². The third-order valence-electron chi connectivity index (χ3n) is 3.43. The average Bonchev–Trinajstić information content (AvgIpc) is 2.76. The van der Waals surface area contributed by atoms with Crippen molar-refractivity contribution in [2.75, 3.05) is 10.5 Å². The van der Waals surface area contributed by atoms with Gasteiger partial charge in [-0.2, -0.15) is 0 Å². The molecule has 0 saturated carbocycles. The molecule has 2 N–H and O–H groups in total. The van der Waals surface area contributed by atoms with E-state index in [9.17, 15) is 8.42 Å². The Morgan fingerprint density at radius 2 is 2.00 bits per heavy atom. The maximum Gasteiger partial charge on any atom is 0.232 e. The summed E-state index contributed by atoms with van der Waals surface area (Å²) in [5, 5.41) is 1.05. The van der Waals surface area contributed by atoms with E-state index in [2.05, 4.69) is 16.6 Å². The van der Waals surface area contributed by atoms with Crippen molar-refractivity contribution in [2.45, 2.75) is 39.5 Å². The molecule has 0 aliphatic carbocycles. The minimum Gasteiger partial charge on any atom is -0.361 e. The minimum absolute atomic E-state index is 0.192. The number of anilines is 1. The summed E-state index contributed by atoms with van der Waals surface area (Å²) in [7, 11) is -3.24. The average molecular weight is 294 g/mol. The molecule has 0 spiro atoms. The van der Waals surface area contributed by atoms with E-state index in [1.807, 2.05) is 25.3 Å². The summed E-state index contributed by atoms with van der Waals surface area (Å²) in [5.74, 6) is 0.192. The molecule has 2 rings (SSSR count). The molecule has 110 valence electrons. The maximum absolute atomic E-state index is 12.0. The second kappa shape index (κ2) is 6.31. The molecule has 5 heteroatoms. The van der Waals surface area contributed by atoms with E-state index in [0.29, 0.717) is 12.1 Å². The van der Waals surface area contributed by atoms with Crippen LogP contribution in [0, 0.1) is 6.92 Å². The molecule has 0 atom stereocenters. The number of aromatic amines is 1. The summed E-state index contributed by atoms with van der Waals surface area (Å²) in [6.45, 7) is 4.11. The molecule has 1 aromatic heterocycles. The van der Waals surface area contributed by atoms with Crippen molar-refractivity contribution in [3.05, 3.63) is 30.0 Å². The standard InChI is InChI=1S/C15H22N2O2S/c1-3-4-5-6-9-20(18,19)17-13-7-8-15-14(10-13)12(2)11-16-15/h7-8,10-11,16-17H,3-6,9H2,1-2H3. The first-order valence-electron chi connectivity index (χ1n) is 7.10. The third kappa shape index (κ3) is 3.76. The summed E-state index contributed by atoms with van der Waals surface area (Å²) in [6.07, 6.45) is 5.80. The maximum atomic E-state index is 12.0. The zero-order valence-electron chi connectivity index (χ0n) is 12.1. The predicted molar refractivity (Wildman–Crippen MR) is 84.6 cm³/mol. The second-order valence-electron chi connectivity index (χ2n) is 5.21. The van der Waals surface area contributed by atoms with Gasteiger partial charge in [0.1, 0.15) is 0 Å². The van der Waals surface area contributed by atoms with Crippen LogP contribution in [0.15, 0.2) is 24.4 Å². The van der Waals surface area contributed by atoms with Crippen LogP contribution in [0.2, 0.25) is 0 Å². The number of H-pyrrole nitrogens is 1. The molecule has 4 nitrogen and oxygen atoms in total. The molecule has 0 aliphatic heterocycles. The van der Waals surface area contributed by atoms with Crippen LogP contribution in [0.5, 0.6) is 0 Å². The van der Waals surface area contributed by atoms with E-state index >= 15 is 0 Å². The van der Waals surface area contributed by atoms with Gasteiger partial charge in [0.25, 0.3) is 0 Å². The van der Waals surface area contributed by atoms with Gasteiger partial charge in [-0.05, 0) is 37.1 Å². The lowest BCUT2D eigenvalue weighted by molar-refractivity contribution is 0.594. The van der Waals surface area contributed by atoms with Crippen molar-refractivity contribution in [1.82, 2.24) is 4.98 Å². The van der Waals surface area contributed by atoms with E-state index in [1.165, 1.54) is 0 Å². The van der Waals surface area contributed by atoms with E-state index < -0.39 is 10.0 Å². The highest BCUT2D eigenvalue weighted by molar-refractivity contribution is 7.92. The first kappa shape index (κ1) is 14.9. The Morgan fingerprint density at radius 3 is 2.75 bits per heavy atom. The lowest BCUT2D eigenvalue weighted by Crippen LogP contribution is -2.16. The van der Waals surface area contributed by atoms with Crippen LogP contribution in [0.4, 0.5) is 5.69 Å². The zero-order chi connectivity index (χ0) is 14.6. The summed E-state index contributed by atoms with van der Waals surface area (Å²) < 4.78 is 26.7. The largest absolute Gasteiger partial charge is 0.361 e. The fourth-order valence-electron chi connectivity index (χ4n) is 2.27. The highest BCUT2D eigenvalue weighted by atomic mass is 32.2. The topological polar surface area (TPSA) is 62.0 Å². The van der Waals surface area contributed by atoms with Crippen LogP contribution < -0.4 is 4.72 Å². The zero-order valence-corrected chi connectivity index (χ0v) is 12.9. The van der Waals surface area contributed by atoms with E-state index in [4.69, 9.17) is 0 Å². The summed E-state index contributed by atoms with van der Waals surface area (Å²) >= 11 is 0. The predicted octanol–water partition coefficient (Wildman–Crippen LogP) is 3.80.